The van der Waals surface area contributed by atoms with E-state index in [-0.39, 0.29) is 5.54 Å². The van der Waals surface area contributed by atoms with Crippen LogP contribution >= 0.6 is 0 Å². The number of nitrogens with one attached hydrogen (secondary N) is 1. The number of amides is 1. The van der Waals surface area contributed by atoms with Crippen LogP contribution in [0, 0.1) is 0 Å². The summed E-state index contributed by atoms with van der Waals surface area (Å²) in [5.74, 6) is -0.452. The maximum atomic E-state index is 12.1. The summed E-state index contributed by atoms with van der Waals surface area (Å²) < 4.78 is 10.1. The number of rotatable bonds is 5. The number of hydrogen-bond acceptors (Lipinski definition) is 4. The normalized spacial score (nSPS) is 15.4. The third-order valence-corrected chi connectivity index (χ3v) is 5.41. The van der Waals surface area contributed by atoms with Crippen LogP contribution in [-0.2, 0) is 14.3 Å². The van der Waals surface area contributed by atoms with E-state index in [1.807, 2.05) is 19.1 Å². The molecule has 0 aliphatic rings. The van der Waals surface area contributed by atoms with Gasteiger partial charge in [-0.25, -0.2) is 9.59 Å². The van der Waals surface area contributed by atoms with E-state index < -0.39 is 31.8 Å². The number of alkyl carbamates (subject to hydrolysis) is 1. The van der Waals surface area contributed by atoms with Gasteiger partial charge >= 0.3 is 12.1 Å². The third kappa shape index (κ3) is 7.31. The van der Waals surface area contributed by atoms with Crippen molar-refractivity contribution in [3.05, 3.63) is 12.2 Å². The average Bonchev–Trinajstić information content (AvgIpc) is 2.28. The molecule has 0 heterocycles. The number of allylic oxidation sites excluding steroid dienone is 1. The summed E-state index contributed by atoms with van der Waals surface area (Å²) in [6.45, 7) is 13.7. The van der Waals surface area contributed by atoms with Crippen molar-refractivity contribution in [3.63, 3.8) is 0 Å². The molecule has 0 saturated heterocycles. The van der Waals surface area contributed by atoms with Gasteiger partial charge in [0.15, 0.2) is 0 Å². The fourth-order valence-corrected chi connectivity index (χ4v) is 3.95. The van der Waals surface area contributed by atoms with Gasteiger partial charge in [0, 0.05) is 5.54 Å². The van der Waals surface area contributed by atoms with E-state index in [9.17, 15) is 9.59 Å². The molecule has 122 valence electrons. The zero-order valence-corrected chi connectivity index (χ0v) is 15.4. The number of ether oxygens (including phenoxy) is 2. The van der Waals surface area contributed by atoms with E-state index in [2.05, 4.69) is 25.0 Å². The van der Waals surface area contributed by atoms with Crippen LogP contribution in [0.4, 0.5) is 4.79 Å². The second-order valence-electron chi connectivity index (χ2n) is 7.06. The lowest BCUT2D eigenvalue weighted by Gasteiger charge is -2.33. The molecular weight excluding hydrogens is 286 g/mol. The Bertz CT molecular complexity index is 393. The predicted molar refractivity (Wildman–Crippen MR) is 87.1 cm³/mol. The van der Waals surface area contributed by atoms with Crippen molar-refractivity contribution in [1.82, 2.24) is 5.32 Å². The van der Waals surface area contributed by atoms with Gasteiger partial charge in [0.2, 0.25) is 0 Å². The number of carbonyl (C=O) groups excluding carboxylic acids is 2. The molecule has 0 rings (SSSR count). The molecule has 21 heavy (non-hydrogen) atoms. The molecule has 5 nitrogen and oxygen atoms in total. The van der Waals surface area contributed by atoms with Crippen LogP contribution in [0.25, 0.3) is 0 Å². The first kappa shape index (κ1) is 19.7. The molecule has 0 fully saturated rings. The van der Waals surface area contributed by atoms with Gasteiger partial charge < -0.3 is 14.8 Å². The lowest BCUT2D eigenvalue weighted by molar-refractivity contribution is -0.143. The first-order valence-electron chi connectivity index (χ1n) is 7.12. The molecule has 0 aromatic heterocycles. The van der Waals surface area contributed by atoms with Crippen molar-refractivity contribution in [2.45, 2.75) is 64.5 Å². The molecule has 0 radical (unpaired) electrons. The van der Waals surface area contributed by atoms with Crippen molar-refractivity contribution < 1.29 is 19.1 Å². The lowest BCUT2D eigenvalue weighted by Crippen LogP contribution is -2.51. The van der Waals surface area contributed by atoms with E-state index in [0.29, 0.717) is 0 Å². The van der Waals surface area contributed by atoms with Gasteiger partial charge in [-0.2, -0.15) is 0 Å². The first-order valence-corrected chi connectivity index (χ1v) is 10.7. The van der Waals surface area contributed by atoms with E-state index >= 15 is 0 Å². The third-order valence-electron chi connectivity index (χ3n) is 2.89. The zero-order valence-electron chi connectivity index (χ0n) is 14.4. The van der Waals surface area contributed by atoms with Crippen LogP contribution in [0.15, 0.2) is 12.2 Å². The molecule has 0 aromatic carbocycles. The molecule has 0 bridgehead atoms. The van der Waals surface area contributed by atoms with Crippen molar-refractivity contribution in [3.8, 4) is 0 Å². The van der Waals surface area contributed by atoms with E-state index in [1.54, 1.807) is 20.8 Å². The maximum absolute atomic E-state index is 12.1. The van der Waals surface area contributed by atoms with Gasteiger partial charge in [-0.05, 0) is 27.7 Å². The maximum Gasteiger partial charge on any atom is 0.408 e. The van der Waals surface area contributed by atoms with Crippen LogP contribution in [0.1, 0.15) is 27.7 Å². The van der Waals surface area contributed by atoms with E-state index in [0.717, 1.165) is 0 Å². The fourth-order valence-electron chi connectivity index (χ4n) is 1.96. The monoisotopic (exact) mass is 315 g/mol. The Morgan fingerprint density at radius 3 is 2.05 bits per heavy atom. The topological polar surface area (TPSA) is 64.6 Å². The van der Waals surface area contributed by atoms with Crippen LogP contribution in [0.3, 0.4) is 0 Å². The molecule has 1 amide bonds. The van der Waals surface area contributed by atoms with Gasteiger partial charge in [0.05, 0.1) is 15.2 Å². The fraction of sp³-hybridized carbons (Fsp3) is 0.733. The Morgan fingerprint density at radius 1 is 1.19 bits per heavy atom. The minimum Gasteiger partial charge on any atom is -0.467 e. The highest BCUT2D eigenvalue weighted by molar-refractivity contribution is 6.78. The van der Waals surface area contributed by atoms with Gasteiger partial charge in [0.25, 0.3) is 0 Å². The lowest BCUT2D eigenvalue weighted by atomic mass is 10.2. The van der Waals surface area contributed by atoms with Gasteiger partial charge in [0.1, 0.15) is 11.6 Å². The minimum atomic E-state index is -1.73. The van der Waals surface area contributed by atoms with Crippen molar-refractivity contribution in [2.24, 2.45) is 0 Å². The highest BCUT2D eigenvalue weighted by Crippen LogP contribution is 2.28. The predicted octanol–water partition coefficient (Wildman–Crippen LogP) is 3.34. The summed E-state index contributed by atoms with van der Waals surface area (Å²) in [7, 11) is -0.411. The van der Waals surface area contributed by atoms with Crippen molar-refractivity contribution in [1.29, 1.82) is 0 Å². The highest BCUT2D eigenvalue weighted by Gasteiger charge is 2.38. The summed E-state index contributed by atoms with van der Waals surface area (Å²) in [6, 6.07) is -0.729. The Labute approximate surface area is 129 Å². The van der Waals surface area contributed by atoms with Crippen molar-refractivity contribution in [2.75, 3.05) is 7.11 Å². The Balaban J connectivity index is 5.28. The summed E-state index contributed by atoms with van der Waals surface area (Å²) >= 11 is 0. The van der Waals surface area contributed by atoms with Crippen molar-refractivity contribution >= 4 is 20.1 Å². The van der Waals surface area contributed by atoms with E-state index in [4.69, 9.17) is 9.47 Å². The quantitative estimate of drug-likeness (QED) is 0.480. The summed E-state index contributed by atoms with van der Waals surface area (Å²) in [6.07, 6.45) is 3.26. The van der Waals surface area contributed by atoms with E-state index in [1.165, 1.54) is 7.11 Å². The molecule has 0 aliphatic heterocycles. The number of carbonyl (C=O) groups is 2. The van der Waals surface area contributed by atoms with Gasteiger partial charge in [-0.1, -0.05) is 31.8 Å². The molecule has 2 atom stereocenters. The smallest absolute Gasteiger partial charge is 0.408 e. The molecule has 0 aromatic rings. The molecule has 0 spiro atoms. The summed E-state index contributed by atoms with van der Waals surface area (Å²) in [4.78, 5) is 24.0. The number of methoxy groups -OCH3 is 1. The molecule has 0 aliphatic carbocycles. The number of hydrogen-bond donors (Lipinski definition) is 1. The minimum absolute atomic E-state index is 0.0672. The van der Waals surface area contributed by atoms with Crippen LogP contribution in [0.5, 0.6) is 0 Å². The Morgan fingerprint density at radius 2 is 1.71 bits per heavy atom. The van der Waals surface area contributed by atoms with Crippen LogP contribution < -0.4 is 5.32 Å². The van der Waals surface area contributed by atoms with Crippen LogP contribution in [0.2, 0.25) is 25.2 Å². The molecule has 1 N–H and O–H groups in total. The molecule has 6 heteroatoms. The largest absolute Gasteiger partial charge is 0.467 e. The first-order chi connectivity index (χ1) is 9.42. The zero-order chi connectivity index (χ0) is 16.8. The highest BCUT2D eigenvalue weighted by atomic mass is 28.3. The van der Waals surface area contributed by atoms with Gasteiger partial charge in [-0.3, -0.25) is 0 Å². The Kier molecular flexibility index (Phi) is 7.16. The Hall–Kier alpha value is -1.30. The average molecular weight is 315 g/mol. The number of esters is 1. The molecular formula is C15H29NO4Si. The summed E-state index contributed by atoms with van der Waals surface area (Å²) in [5, 5.41) is 2.66. The SMILES string of the molecule is C/C=C/[C@H]([C@@H](NC(=O)OC(C)(C)C)C(=O)OC)[Si](C)(C)C. The second kappa shape index (κ2) is 7.63. The van der Waals surface area contributed by atoms with Crippen LogP contribution in [-0.4, -0.2) is 38.9 Å². The summed E-state index contributed by atoms with van der Waals surface area (Å²) in [5.41, 5.74) is -0.678. The molecule has 0 saturated carbocycles. The van der Waals surface area contributed by atoms with Gasteiger partial charge in [-0.15, -0.1) is 0 Å². The standard InChI is InChI=1S/C15H29NO4Si/c1-9-10-11(21(6,7)8)12(13(17)19-5)16-14(18)20-15(2,3)4/h9-12H,1-8H3,(H,16,18)/b10-9+/t11-,12-/m1/s1. The second-order valence-corrected chi connectivity index (χ2v) is 12.5. The molecule has 0 unspecified atom stereocenters.